The van der Waals surface area contributed by atoms with Gasteiger partial charge in [0, 0.05) is 17.7 Å². The highest BCUT2D eigenvalue weighted by Gasteiger charge is 2.20. The average molecular weight is 197 g/mol. The molecule has 2 N–H and O–H groups in total. The Morgan fingerprint density at radius 2 is 2.38 bits per heavy atom. The van der Waals surface area contributed by atoms with Gasteiger partial charge in [0.2, 0.25) is 0 Å². The molecule has 1 aliphatic rings. The molecule has 74 valence electrons. The van der Waals surface area contributed by atoms with Gasteiger partial charge in [0.1, 0.15) is 0 Å². The lowest BCUT2D eigenvalue weighted by Gasteiger charge is -2.26. The van der Waals surface area contributed by atoms with Crippen LogP contribution in [-0.2, 0) is 0 Å². The normalized spacial score (nSPS) is 25.1. The van der Waals surface area contributed by atoms with E-state index in [2.05, 4.69) is 17.7 Å². The number of hydrogen-bond donors (Lipinski definition) is 1. The standard InChI is InChI=1S/C11H19NS/c1-2-3-4-7-10(12)11-8-5-6-9-13-11/h1,10-11H,3-9,12H2. The van der Waals surface area contributed by atoms with Crippen LogP contribution >= 0.6 is 11.8 Å². The fourth-order valence-electron chi connectivity index (χ4n) is 1.73. The molecule has 0 aliphatic carbocycles. The van der Waals surface area contributed by atoms with Gasteiger partial charge in [-0.05, 0) is 31.4 Å². The molecule has 2 heteroatoms. The maximum absolute atomic E-state index is 6.10. The van der Waals surface area contributed by atoms with Crippen LogP contribution in [-0.4, -0.2) is 17.0 Å². The van der Waals surface area contributed by atoms with Crippen LogP contribution in [0.5, 0.6) is 0 Å². The summed E-state index contributed by atoms with van der Waals surface area (Å²) in [5.74, 6) is 3.96. The Labute approximate surface area is 85.8 Å². The molecule has 0 aromatic rings. The van der Waals surface area contributed by atoms with Crippen molar-refractivity contribution in [3.8, 4) is 12.3 Å². The Kier molecular flexibility index (Phi) is 5.34. The van der Waals surface area contributed by atoms with E-state index in [9.17, 15) is 0 Å². The van der Waals surface area contributed by atoms with Crippen LogP contribution in [0, 0.1) is 12.3 Å². The number of rotatable bonds is 4. The van der Waals surface area contributed by atoms with Crippen molar-refractivity contribution >= 4 is 11.8 Å². The van der Waals surface area contributed by atoms with Crippen LogP contribution in [0.4, 0.5) is 0 Å². The lowest BCUT2D eigenvalue weighted by atomic mass is 10.0. The molecule has 0 amide bonds. The van der Waals surface area contributed by atoms with Gasteiger partial charge < -0.3 is 5.73 Å². The monoisotopic (exact) mass is 197 g/mol. The van der Waals surface area contributed by atoms with Crippen molar-refractivity contribution in [1.29, 1.82) is 0 Å². The van der Waals surface area contributed by atoms with Crippen LogP contribution in [0.15, 0.2) is 0 Å². The minimum Gasteiger partial charge on any atom is -0.327 e. The van der Waals surface area contributed by atoms with Gasteiger partial charge in [-0.1, -0.05) is 6.42 Å². The zero-order valence-corrected chi connectivity index (χ0v) is 8.98. The second-order valence-corrected chi connectivity index (χ2v) is 5.01. The van der Waals surface area contributed by atoms with Crippen LogP contribution in [0.2, 0.25) is 0 Å². The molecular weight excluding hydrogens is 178 g/mol. The van der Waals surface area contributed by atoms with E-state index in [1.165, 1.54) is 25.0 Å². The first-order chi connectivity index (χ1) is 6.34. The lowest BCUT2D eigenvalue weighted by molar-refractivity contribution is 0.521. The van der Waals surface area contributed by atoms with Crippen molar-refractivity contribution in [2.24, 2.45) is 5.73 Å². The maximum Gasteiger partial charge on any atom is 0.0199 e. The summed E-state index contributed by atoms with van der Waals surface area (Å²) in [6, 6.07) is 0.374. The van der Waals surface area contributed by atoms with E-state index < -0.39 is 0 Å². The minimum atomic E-state index is 0.374. The van der Waals surface area contributed by atoms with Crippen LogP contribution in [0.3, 0.4) is 0 Å². The Bertz CT molecular complexity index is 167. The fourth-order valence-corrected chi connectivity index (χ4v) is 3.12. The van der Waals surface area contributed by atoms with Crippen molar-refractivity contribution in [2.45, 2.75) is 49.8 Å². The SMILES string of the molecule is C#CCCCC(N)C1CCCCS1. The van der Waals surface area contributed by atoms with Crippen molar-refractivity contribution in [2.75, 3.05) is 5.75 Å². The molecule has 0 spiro atoms. The Morgan fingerprint density at radius 1 is 1.54 bits per heavy atom. The first-order valence-corrected chi connectivity index (χ1v) is 6.20. The third-order valence-electron chi connectivity index (χ3n) is 2.55. The summed E-state index contributed by atoms with van der Waals surface area (Å²) < 4.78 is 0. The average Bonchev–Trinajstić information content (AvgIpc) is 2.19. The lowest BCUT2D eigenvalue weighted by Crippen LogP contribution is -2.34. The molecule has 1 aliphatic heterocycles. The molecule has 0 aromatic carbocycles. The number of nitrogens with two attached hydrogens (primary N) is 1. The highest BCUT2D eigenvalue weighted by atomic mass is 32.2. The summed E-state index contributed by atoms with van der Waals surface area (Å²) in [5, 5.41) is 0.700. The first-order valence-electron chi connectivity index (χ1n) is 5.15. The quantitative estimate of drug-likeness (QED) is 0.553. The van der Waals surface area contributed by atoms with Gasteiger partial charge in [-0.3, -0.25) is 0 Å². The molecule has 1 heterocycles. The fraction of sp³-hybridized carbons (Fsp3) is 0.818. The smallest absolute Gasteiger partial charge is 0.0199 e. The van der Waals surface area contributed by atoms with E-state index in [0.717, 1.165) is 19.3 Å². The van der Waals surface area contributed by atoms with Gasteiger partial charge >= 0.3 is 0 Å². The largest absolute Gasteiger partial charge is 0.327 e. The molecule has 0 bridgehead atoms. The minimum absolute atomic E-state index is 0.374. The molecule has 2 unspecified atom stereocenters. The van der Waals surface area contributed by atoms with Crippen molar-refractivity contribution in [1.82, 2.24) is 0 Å². The summed E-state index contributed by atoms with van der Waals surface area (Å²) >= 11 is 2.05. The summed E-state index contributed by atoms with van der Waals surface area (Å²) in [4.78, 5) is 0. The number of hydrogen-bond acceptors (Lipinski definition) is 2. The van der Waals surface area contributed by atoms with Gasteiger partial charge in [-0.15, -0.1) is 12.3 Å². The van der Waals surface area contributed by atoms with Crippen molar-refractivity contribution in [3.63, 3.8) is 0 Å². The molecule has 2 atom stereocenters. The predicted octanol–water partition coefficient (Wildman–Crippen LogP) is 2.40. The third-order valence-corrected chi connectivity index (χ3v) is 4.09. The van der Waals surface area contributed by atoms with Crippen LogP contribution in [0.1, 0.15) is 38.5 Å². The van der Waals surface area contributed by atoms with Crippen molar-refractivity contribution < 1.29 is 0 Å². The van der Waals surface area contributed by atoms with E-state index in [1.807, 2.05) is 0 Å². The molecule has 13 heavy (non-hydrogen) atoms. The van der Waals surface area contributed by atoms with Crippen LogP contribution < -0.4 is 5.73 Å². The van der Waals surface area contributed by atoms with E-state index in [4.69, 9.17) is 12.2 Å². The molecular formula is C11H19NS. The maximum atomic E-state index is 6.10. The first kappa shape index (κ1) is 10.9. The summed E-state index contributed by atoms with van der Waals surface area (Å²) in [6.07, 6.45) is 12.3. The third kappa shape index (κ3) is 4.06. The van der Waals surface area contributed by atoms with Gasteiger partial charge in [-0.2, -0.15) is 11.8 Å². The van der Waals surface area contributed by atoms with E-state index in [-0.39, 0.29) is 0 Å². The Morgan fingerprint density at radius 3 is 3.00 bits per heavy atom. The molecule has 1 nitrogen and oxygen atoms in total. The summed E-state index contributed by atoms with van der Waals surface area (Å²) in [7, 11) is 0. The van der Waals surface area contributed by atoms with E-state index >= 15 is 0 Å². The molecule has 0 aromatic heterocycles. The summed E-state index contributed by atoms with van der Waals surface area (Å²) in [5.41, 5.74) is 6.10. The molecule has 1 rings (SSSR count). The topological polar surface area (TPSA) is 26.0 Å². The van der Waals surface area contributed by atoms with Gasteiger partial charge in [0.05, 0.1) is 0 Å². The van der Waals surface area contributed by atoms with E-state index in [1.54, 1.807) is 0 Å². The Balaban J connectivity index is 2.14. The van der Waals surface area contributed by atoms with E-state index in [0.29, 0.717) is 11.3 Å². The Hall–Kier alpha value is -0.130. The number of unbranched alkanes of at least 4 members (excludes halogenated alkanes) is 1. The van der Waals surface area contributed by atoms with Gasteiger partial charge in [0.15, 0.2) is 0 Å². The number of thioether (sulfide) groups is 1. The highest BCUT2D eigenvalue weighted by Crippen LogP contribution is 2.28. The molecule has 0 saturated carbocycles. The summed E-state index contributed by atoms with van der Waals surface area (Å²) in [6.45, 7) is 0. The van der Waals surface area contributed by atoms with Gasteiger partial charge in [-0.25, -0.2) is 0 Å². The second-order valence-electron chi connectivity index (χ2n) is 3.67. The zero-order valence-electron chi connectivity index (χ0n) is 8.17. The van der Waals surface area contributed by atoms with Gasteiger partial charge in [0.25, 0.3) is 0 Å². The highest BCUT2D eigenvalue weighted by molar-refractivity contribution is 8.00. The second kappa shape index (κ2) is 6.34. The zero-order chi connectivity index (χ0) is 9.52. The van der Waals surface area contributed by atoms with Crippen LogP contribution in [0.25, 0.3) is 0 Å². The molecule has 1 fully saturated rings. The predicted molar refractivity (Wildman–Crippen MR) is 60.8 cm³/mol. The molecule has 1 saturated heterocycles. The van der Waals surface area contributed by atoms with Crippen molar-refractivity contribution in [3.05, 3.63) is 0 Å². The molecule has 0 radical (unpaired) electrons. The number of terminal acetylenes is 1.